The van der Waals surface area contributed by atoms with Crippen LogP contribution in [0.25, 0.3) is 16.7 Å². The van der Waals surface area contributed by atoms with E-state index < -0.39 is 0 Å². The molecule has 0 unspecified atom stereocenters. The lowest BCUT2D eigenvalue weighted by atomic mass is 10.3. The van der Waals surface area contributed by atoms with Crippen LogP contribution in [-0.2, 0) is 6.54 Å². The van der Waals surface area contributed by atoms with E-state index in [1.165, 1.54) is 24.6 Å². The molecule has 2 aromatic carbocycles. The highest BCUT2D eigenvalue weighted by atomic mass is 32.2. The first-order chi connectivity index (χ1) is 13.9. The van der Waals surface area contributed by atoms with Crippen molar-refractivity contribution >= 4 is 22.8 Å². The zero-order chi connectivity index (χ0) is 18.8. The Bertz CT molecular complexity index is 1090. The lowest BCUT2D eigenvalue weighted by Gasteiger charge is -2.15. The van der Waals surface area contributed by atoms with Crippen molar-refractivity contribution in [3.63, 3.8) is 0 Å². The molecule has 7 heteroatoms. The van der Waals surface area contributed by atoms with Gasteiger partial charge in [-0.05, 0) is 62.0 Å². The fourth-order valence-electron chi connectivity index (χ4n) is 3.53. The van der Waals surface area contributed by atoms with Crippen LogP contribution in [0.3, 0.4) is 0 Å². The van der Waals surface area contributed by atoms with Gasteiger partial charge in [-0.1, -0.05) is 30.3 Å². The molecule has 1 fully saturated rings. The molecule has 0 amide bonds. The lowest BCUT2D eigenvalue weighted by Crippen LogP contribution is -2.21. The highest BCUT2D eigenvalue weighted by molar-refractivity contribution is 7.99. The van der Waals surface area contributed by atoms with Crippen molar-refractivity contribution in [3.8, 4) is 5.69 Å². The number of hydrogen-bond donors (Lipinski definition) is 0. The maximum Gasteiger partial charge on any atom is 0.202 e. The van der Waals surface area contributed by atoms with Crippen LogP contribution in [0, 0.1) is 0 Å². The summed E-state index contributed by atoms with van der Waals surface area (Å²) in [7, 11) is 0. The van der Waals surface area contributed by atoms with E-state index in [-0.39, 0.29) is 0 Å². The van der Waals surface area contributed by atoms with Gasteiger partial charge in [0.05, 0.1) is 23.8 Å². The minimum Gasteiger partial charge on any atom is -0.296 e. The number of benzene rings is 2. The molecule has 4 aromatic rings. The molecule has 2 aromatic heterocycles. The molecule has 6 nitrogen and oxygen atoms in total. The summed E-state index contributed by atoms with van der Waals surface area (Å²) >= 11 is 1.50. The summed E-state index contributed by atoms with van der Waals surface area (Å²) in [6.45, 7) is 3.06. The van der Waals surface area contributed by atoms with Gasteiger partial charge in [0.2, 0.25) is 5.16 Å². The smallest absolute Gasteiger partial charge is 0.202 e. The maximum absolute atomic E-state index is 4.73. The van der Waals surface area contributed by atoms with E-state index >= 15 is 0 Å². The first kappa shape index (κ1) is 17.3. The van der Waals surface area contributed by atoms with Gasteiger partial charge in [0, 0.05) is 5.69 Å². The Kier molecular flexibility index (Phi) is 4.76. The number of fused-ring (bicyclic) bond motifs is 1. The maximum atomic E-state index is 4.73. The van der Waals surface area contributed by atoms with Gasteiger partial charge in [0.1, 0.15) is 5.03 Å². The largest absolute Gasteiger partial charge is 0.296 e. The Hall–Kier alpha value is -2.77. The average Bonchev–Trinajstić information content (AvgIpc) is 3.39. The predicted molar refractivity (Wildman–Crippen MR) is 110 cm³/mol. The van der Waals surface area contributed by atoms with Crippen LogP contribution in [0.5, 0.6) is 0 Å². The molecule has 0 spiro atoms. The highest BCUT2D eigenvalue weighted by Gasteiger charge is 2.20. The summed E-state index contributed by atoms with van der Waals surface area (Å²) in [5.74, 6) is 0.962. The van der Waals surface area contributed by atoms with E-state index in [1.54, 1.807) is 6.20 Å². The zero-order valence-corrected chi connectivity index (χ0v) is 16.2. The summed E-state index contributed by atoms with van der Waals surface area (Å²) < 4.78 is 2.14. The first-order valence-electron chi connectivity index (χ1n) is 9.48. The average molecular weight is 389 g/mol. The lowest BCUT2D eigenvalue weighted by molar-refractivity contribution is 0.319. The Balaban J connectivity index is 1.51. The fraction of sp³-hybridized carbons (Fsp3) is 0.238. The predicted octanol–water partition coefficient (Wildman–Crippen LogP) is 3.96. The van der Waals surface area contributed by atoms with Crippen LogP contribution < -0.4 is 0 Å². The van der Waals surface area contributed by atoms with Crippen molar-refractivity contribution in [2.45, 2.75) is 29.6 Å². The second-order valence-corrected chi connectivity index (χ2v) is 7.84. The van der Waals surface area contributed by atoms with Crippen LogP contribution in [-0.4, -0.2) is 42.7 Å². The summed E-state index contributed by atoms with van der Waals surface area (Å²) in [6, 6.07) is 18.2. The molecule has 140 valence electrons. The van der Waals surface area contributed by atoms with Crippen LogP contribution in [0.2, 0.25) is 0 Å². The van der Waals surface area contributed by atoms with Gasteiger partial charge >= 0.3 is 0 Å². The van der Waals surface area contributed by atoms with Gasteiger partial charge in [0.25, 0.3) is 0 Å². The van der Waals surface area contributed by atoms with Gasteiger partial charge in [-0.2, -0.15) is 0 Å². The monoisotopic (exact) mass is 388 g/mol. The number of rotatable bonds is 5. The minimum atomic E-state index is 0.810. The van der Waals surface area contributed by atoms with Crippen LogP contribution in [0.1, 0.15) is 18.7 Å². The van der Waals surface area contributed by atoms with Gasteiger partial charge in [-0.3, -0.25) is 14.5 Å². The summed E-state index contributed by atoms with van der Waals surface area (Å²) in [5, 5.41) is 10.6. The molecule has 0 bridgehead atoms. The van der Waals surface area contributed by atoms with E-state index in [9.17, 15) is 0 Å². The quantitative estimate of drug-likeness (QED) is 0.516. The van der Waals surface area contributed by atoms with Crippen LogP contribution in [0.15, 0.2) is 71.0 Å². The normalized spacial score (nSPS) is 14.7. The molecule has 0 radical (unpaired) electrons. The van der Waals surface area contributed by atoms with Crippen LogP contribution >= 0.6 is 11.8 Å². The third-order valence-corrected chi connectivity index (χ3v) is 5.75. The molecule has 0 saturated carbocycles. The highest BCUT2D eigenvalue weighted by Crippen LogP contribution is 2.29. The summed E-state index contributed by atoms with van der Waals surface area (Å²) in [4.78, 5) is 11.7. The Labute approximate surface area is 167 Å². The number of aromatic nitrogens is 5. The number of hydrogen-bond acceptors (Lipinski definition) is 6. The molecular formula is C21H20N6S. The SMILES string of the molecule is c1ccc(-n2c(CN3CCCC3)nnc2Sc2cnc3ccccc3n2)cc1. The Morgan fingerprint density at radius 3 is 2.43 bits per heavy atom. The van der Waals surface area contributed by atoms with Gasteiger partial charge in [-0.15, -0.1) is 10.2 Å². The van der Waals surface area contributed by atoms with Crippen molar-refractivity contribution in [3.05, 3.63) is 66.6 Å². The Morgan fingerprint density at radius 1 is 0.857 bits per heavy atom. The third kappa shape index (κ3) is 3.50. The van der Waals surface area contributed by atoms with Crippen molar-refractivity contribution in [2.75, 3.05) is 13.1 Å². The molecular weight excluding hydrogens is 368 g/mol. The van der Waals surface area contributed by atoms with Gasteiger partial charge < -0.3 is 0 Å². The fourth-order valence-corrected chi connectivity index (χ4v) is 4.35. The third-order valence-electron chi connectivity index (χ3n) is 4.90. The van der Waals surface area contributed by atoms with Crippen molar-refractivity contribution in [1.29, 1.82) is 0 Å². The molecule has 1 aliphatic rings. The Morgan fingerprint density at radius 2 is 1.61 bits per heavy atom. The van der Waals surface area contributed by atoms with Gasteiger partial charge in [-0.25, -0.2) is 4.98 Å². The molecule has 0 N–H and O–H groups in total. The van der Waals surface area contributed by atoms with E-state index in [2.05, 4.69) is 36.8 Å². The van der Waals surface area contributed by atoms with E-state index in [0.29, 0.717) is 0 Å². The summed E-state index contributed by atoms with van der Waals surface area (Å²) in [6.07, 6.45) is 4.32. The number of para-hydroxylation sites is 3. The topological polar surface area (TPSA) is 59.7 Å². The molecule has 0 aliphatic carbocycles. The van der Waals surface area contributed by atoms with Crippen molar-refractivity contribution < 1.29 is 0 Å². The molecule has 0 atom stereocenters. The minimum absolute atomic E-state index is 0.810. The number of likely N-dealkylation sites (tertiary alicyclic amines) is 1. The van der Waals surface area contributed by atoms with E-state index in [1.807, 2.05) is 42.5 Å². The van der Waals surface area contributed by atoms with Crippen LogP contribution in [0.4, 0.5) is 0 Å². The molecule has 5 rings (SSSR count). The second-order valence-electron chi connectivity index (χ2n) is 6.85. The van der Waals surface area contributed by atoms with Gasteiger partial charge in [0.15, 0.2) is 5.82 Å². The van der Waals surface area contributed by atoms with E-state index in [0.717, 1.165) is 52.4 Å². The standard InChI is InChI=1S/C21H20N6S/c1-2-8-16(9-3-1)27-19(15-26-12-6-7-13-26)24-25-21(27)28-20-14-22-17-10-4-5-11-18(17)23-20/h1-5,8-11,14H,6-7,12-13,15H2. The molecule has 1 aliphatic heterocycles. The zero-order valence-electron chi connectivity index (χ0n) is 15.4. The molecule has 1 saturated heterocycles. The van der Waals surface area contributed by atoms with Crippen molar-refractivity contribution in [1.82, 2.24) is 29.6 Å². The number of nitrogens with zero attached hydrogens (tertiary/aromatic N) is 6. The first-order valence-corrected chi connectivity index (χ1v) is 10.3. The second kappa shape index (κ2) is 7.69. The van der Waals surface area contributed by atoms with E-state index in [4.69, 9.17) is 4.98 Å². The molecule has 28 heavy (non-hydrogen) atoms. The van der Waals surface area contributed by atoms with Crippen molar-refractivity contribution in [2.24, 2.45) is 0 Å². The summed E-state index contributed by atoms with van der Waals surface area (Å²) in [5.41, 5.74) is 2.85. The molecule has 3 heterocycles.